The number of aliphatic carboxylic acids is 1. The zero-order valence-corrected chi connectivity index (χ0v) is 13.2. The van der Waals surface area contributed by atoms with Crippen molar-refractivity contribution in [1.29, 1.82) is 0 Å². The number of hydrogen-bond donors (Lipinski definition) is 4. The highest BCUT2D eigenvalue weighted by molar-refractivity contribution is 5.87. The van der Waals surface area contributed by atoms with Crippen molar-refractivity contribution >= 4 is 11.9 Å². The molecule has 0 aromatic heterocycles. The second-order valence-corrected chi connectivity index (χ2v) is 5.07. The van der Waals surface area contributed by atoms with Crippen molar-refractivity contribution in [2.45, 2.75) is 45.3 Å². The molecule has 0 heterocycles. The molecule has 0 aromatic carbocycles. The summed E-state index contributed by atoms with van der Waals surface area (Å²) in [6.45, 7) is 1.53. The minimum atomic E-state index is -1.25. The number of amides is 1. The lowest BCUT2D eigenvalue weighted by Gasteiger charge is -2.24. The molecule has 1 unspecified atom stereocenters. The third kappa shape index (κ3) is 11.2. The summed E-state index contributed by atoms with van der Waals surface area (Å²) in [6, 6.07) is 0. The summed E-state index contributed by atoms with van der Waals surface area (Å²) in [6.07, 6.45) is 7.50. The number of hydrogen-bond acceptors (Lipinski definition) is 5. The van der Waals surface area contributed by atoms with Crippen molar-refractivity contribution in [3.05, 3.63) is 12.2 Å². The van der Waals surface area contributed by atoms with Crippen molar-refractivity contribution in [1.82, 2.24) is 10.2 Å². The van der Waals surface area contributed by atoms with Crippen molar-refractivity contribution in [2.75, 3.05) is 26.2 Å². The first-order chi connectivity index (χ1) is 10.5. The molecule has 0 saturated carbocycles. The van der Waals surface area contributed by atoms with Crippen LogP contribution in [0.1, 0.15) is 39.0 Å². The second-order valence-electron chi connectivity index (χ2n) is 5.07. The van der Waals surface area contributed by atoms with Crippen molar-refractivity contribution in [3.8, 4) is 0 Å². The molecule has 1 atom stereocenters. The van der Waals surface area contributed by atoms with E-state index in [0.29, 0.717) is 0 Å². The van der Waals surface area contributed by atoms with Gasteiger partial charge in [-0.2, -0.15) is 0 Å². The maximum atomic E-state index is 11.5. The van der Waals surface area contributed by atoms with E-state index in [2.05, 4.69) is 12.2 Å². The molecule has 128 valence electrons. The third-order valence-corrected chi connectivity index (χ3v) is 3.11. The molecule has 0 radical (unpaired) electrons. The second kappa shape index (κ2) is 13.2. The maximum Gasteiger partial charge on any atom is 0.317 e. The van der Waals surface area contributed by atoms with Gasteiger partial charge in [-0.15, -0.1) is 0 Å². The van der Waals surface area contributed by atoms with Crippen LogP contribution in [-0.2, 0) is 9.59 Å². The number of carboxylic acid groups (broad SMARTS) is 1. The smallest absolute Gasteiger partial charge is 0.317 e. The predicted octanol–water partition coefficient (Wildman–Crippen LogP) is 0.327. The van der Waals surface area contributed by atoms with E-state index in [1.807, 2.05) is 6.08 Å². The fourth-order valence-electron chi connectivity index (χ4n) is 1.88. The fraction of sp³-hybridized carbons (Fsp3) is 0.733. The zero-order valence-electron chi connectivity index (χ0n) is 13.2. The van der Waals surface area contributed by atoms with Gasteiger partial charge >= 0.3 is 5.97 Å². The molecule has 7 heteroatoms. The van der Waals surface area contributed by atoms with Crippen LogP contribution in [0.15, 0.2) is 12.2 Å². The number of carboxylic acids is 1. The molecule has 0 fully saturated rings. The molecule has 0 saturated heterocycles. The lowest BCUT2D eigenvalue weighted by atomic mass is 10.1. The molecular weight excluding hydrogens is 288 g/mol. The molecule has 0 aromatic rings. The molecule has 0 aliphatic carbocycles. The van der Waals surface area contributed by atoms with Crippen LogP contribution in [0.5, 0.6) is 0 Å². The largest absolute Gasteiger partial charge is 0.480 e. The number of carbonyl (C=O) groups is 2. The van der Waals surface area contributed by atoms with E-state index in [9.17, 15) is 14.7 Å². The van der Waals surface area contributed by atoms with E-state index >= 15 is 0 Å². The van der Waals surface area contributed by atoms with Gasteiger partial charge in [0.05, 0.1) is 13.2 Å². The Bertz CT molecular complexity index is 347. The van der Waals surface area contributed by atoms with Crippen LogP contribution in [0.4, 0.5) is 0 Å². The summed E-state index contributed by atoms with van der Waals surface area (Å²) < 4.78 is 0. The number of rotatable bonds is 13. The fourth-order valence-corrected chi connectivity index (χ4v) is 1.88. The van der Waals surface area contributed by atoms with E-state index in [1.165, 1.54) is 23.8 Å². The minimum Gasteiger partial charge on any atom is -0.480 e. The molecular formula is C15H28N2O5. The Kier molecular flexibility index (Phi) is 12.4. The topological polar surface area (TPSA) is 110 Å². The summed E-state index contributed by atoms with van der Waals surface area (Å²) in [7, 11) is 0. The van der Waals surface area contributed by atoms with Gasteiger partial charge < -0.3 is 20.6 Å². The van der Waals surface area contributed by atoms with Gasteiger partial charge in [0.2, 0.25) is 5.91 Å². The molecule has 0 aliphatic rings. The number of nitrogens with zero attached hydrogens (tertiary/aromatic N) is 1. The van der Waals surface area contributed by atoms with Gasteiger partial charge in [-0.25, -0.2) is 0 Å². The van der Waals surface area contributed by atoms with Crippen molar-refractivity contribution in [2.24, 2.45) is 0 Å². The Labute approximate surface area is 131 Å². The number of nitrogens with one attached hydrogen (secondary N) is 1. The Morgan fingerprint density at radius 1 is 1.27 bits per heavy atom. The van der Waals surface area contributed by atoms with Crippen molar-refractivity contribution < 1.29 is 24.9 Å². The number of aliphatic hydroxyl groups excluding tert-OH is 2. The van der Waals surface area contributed by atoms with Crippen LogP contribution in [0.25, 0.3) is 0 Å². The highest BCUT2D eigenvalue weighted by atomic mass is 16.4. The molecule has 0 aliphatic heterocycles. The summed E-state index contributed by atoms with van der Waals surface area (Å²) >= 11 is 0. The SMILES string of the molecule is CCCCCC/C=C/C(=O)NCCN(CC(=O)O)C(O)CO. The van der Waals surface area contributed by atoms with Crippen LogP contribution >= 0.6 is 0 Å². The van der Waals surface area contributed by atoms with Gasteiger partial charge in [0.15, 0.2) is 0 Å². The number of unbranched alkanes of at least 4 members (excludes halogenated alkanes) is 4. The van der Waals surface area contributed by atoms with Crippen LogP contribution in [-0.4, -0.2) is 64.6 Å². The van der Waals surface area contributed by atoms with Crippen LogP contribution in [0, 0.1) is 0 Å². The first-order valence-electron chi connectivity index (χ1n) is 7.70. The first-order valence-corrected chi connectivity index (χ1v) is 7.70. The Morgan fingerprint density at radius 3 is 2.59 bits per heavy atom. The molecule has 22 heavy (non-hydrogen) atoms. The minimum absolute atomic E-state index is 0.143. The van der Waals surface area contributed by atoms with E-state index < -0.39 is 25.3 Å². The molecule has 0 spiro atoms. The first kappa shape index (κ1) is 20.6. The van der Waals surface area contributed by atoms with Gasteiger partial charge in [-0.3, -0.25) is 14.5 Å². The molecule has 7 nitrogen and oxygen atoms in total. The van der Waals surface area contributed by atoms with E-state index in [1.54, 1.807) is 0 Å². The quantitative estimate of drug-likeness (QED) is 0.221. The summed E-state index contributed by atoms with van der Waals surface area (Å²) in [4.78, 5) is 23.4. The number of carbonyl (C=O) groups excluding carboxylic acids is 1. The number of allylic oxidation sites excluding steroid dienone is 1. The van der Waals surface area contributed by atoms with Gasteiger partial charge in [0, 0.05) is 13.1 Å². The maximum absolute atomic E-state index is 11.5. The predicted molar refractivity (Wildman–Crippen MR) is 83.2 cm³/mol. The lowest BCUT2D eigenvalue weighted by molar-refractivity contribution is -0.142. The Hall–Kier alpha value is -1.44. The Morgan fingerprint density at radius 2 is 2.00 bits per heavy atom. The summed E-state index contributed by atoms with van der Waals surface area (Å²) in [5.41, 5.74) is 0. The van der Waals surface area contributed by atoms with E-state index in [-0.39, 0.29) is 19.0 Å². The molecule has 1 amide bonds. The van der Waals surface area contributed by atoms with Gasteiger partial charge in [0.1, 0.15) is 6.23 Å². The van der Waals surface area contributed by atoms with Crippen LogP contribution < -0.4 is 5.32 Å². The average Bonchev–Trinajstić information content (AvgIpc) is 2.48. The summed E-state index contributed by atoms with van der Waals surface area (Å²) in [5.74, 6) is -1.35. The standard InChI is InChI=1S/C15H28N2O5/c1-2-3-4-5-6-7-8-13(19)16-9-10-17(11-15(21)22)14(20)12-18/h7-8,14,18,20H,2-6,9-12H2,1H3,(H,16,19)(H,21,22)/b8-7+. The van der Waals surface area contributed by atoms with E-state index in [0.717, 1.165) is 19.3 Å². The molecule has 0 rings (SSSR count). The number of aliphatic hydroxyl groups is 2. The third-order valence-electron chi connectivity index (χ3n) is 3.11. The van der Waals surface area contributed by atoms with Crippen molar-refractivity contribution in [3.63, 3.8) is 0 Å². The van der Waals surface area contributed by atoms with Crippen LogP contribution in [0.3, 0.4) is 0 Å². The zero-order chi connectivity index (χ0) is 16.8. The molecule has 0 bridgehead atoms. The van der Waals surface area contributed by atoms with Gasteiger partial charge in [0.25, 0.3) is 0 Å². The highest BCUT2D eigenvalue weighted by Gasteiger charge is 2.17. The average molecular weight is 316 g/mol. The van der Waals surface area contributed by atoms with Gasteiger partial charge in [-0.05, 0) is 18.9 Å². The monoisotopic (exact) mass is 316 g/mol. The van der Waals surface area contributed by atoms with Gasteiger partial charge in [-0.1, -0.05) is 32.3 Å². The lowest BCUT2D eigenvalue weighted by Crippen LogP contribution is -2.45. The van der Waals surface area contributed by atoms with Crippen LogP contribution in [0.2, 0.25) is 0 Å². The normalized spacial score (nSPS) is 12.7. The highest BCUT2D eigenvalue weighted by Crippen LogP contribution is 2.02. The summed E-state index contributed by atoms with van der Waals surface area (Å²) in [5, 5.41) is 29.6. The Balaban J connectivity index is 3.92. The molecule has 4 N–H and O–H groups in total. The van der Waals surface area contributed by atoms with E-state index in [4.69, 9.17) is 10.2 Å².